The summed E-state index contributed by atoms with van der Waals surface area (Å²) in [6, 6.07) is 0.588. The van der Waals surface area contributed by atoms with Crippen LogP contribution in [0, 0.1) is 23.2 Å². The summed E-state index contributed by atoms with van der Waals surface area (Å²) in [6.45, 7) is 0. The Bertz CT molecular complexity index is 335. The third-order valence-electron chi connectivity index (χ3n) is 5.76. The van der Waals surface area contributed by atoms with Crippen molar-refractivity contribution in [3.05, 3.63) is 0 Å². The second-order valence-electron chi connectivity index (χ2n) is 7.55. The molecule has 3 nitrogen and oxygen atoms in total. The molecular weight excluding hydrogens is 222 g/mol. The summed E-state index contributed by atoms with van der Waals surface area (Å²) in [7, 11) is 0. The normalized spacial score (nSPS) is 46.5. The predicted molar refractivity (Wildman–Crippen MR) is 73.0 cm³/mol. The molecule has 4 bridgehead atoms. The van der Waals surface area contributed by atoms with Gasteiger partial charge in [-0.3, -0.25) is 4.99 Å². The summed E-state index contributed by atoms with van der Waals surface area (Å²) in [6.07, 6.45) is 12.6. The minimum atomic E-state index is 0.564. The maximum atomic E-state index is 5.70. The number of nitrogens with two attached hydrogens (primary N) is 1. The Kier molecular flexibility index (Phi) is 2.48. The van der Waals surface area contributed by atoms with E-state index in [9.17, 15) is 0 Å². The van der Waals surface area contributed by atoms with Crippen LogP contribution in [-0.4, -0.2) is 11.9 Å². The fraction of sp³-hybridized carbons (Fsp3) is 0.933. The monoisotopic (exact) mass is 247 g/mol. The molecule has 5 aliphatic carbocycles. The Labute approximate surface area is 110 Å². The van der Waals surface area contributed by atoms with Gasteiger partial charge in [0.1, 0.15) is 5.84 Å². The van der Waals surface area contributed by atoms with Gasteiger partial charge in [-0.05, 0) is 74.5 Å². The van der Waals surface area contributed by atoms with Gasteiger partial charge in [0.15, 0.2) is 0 Å². The molecule has 5 aliphatic rings. The molecule has 5 saturated carbocycles. The first kappa shape index (κ1) is 11.3. The number of nitrogens with one attached hydrogen (secondary N) is 1. The number of nitrogens with zero attached hydrogens (tertiary/aromatic N) is 1. The molecule has 0 aromatic heterocycles. The van der Waals surface area contributed by atoms with Crippen molar-refractivity contribution in [1.82, 2.24) is 5.43 Å². The topological polar surface area (TPSA) is 50.4 Å². The summed E-state index contributed by atoms with van der Waals surface area (Å²) < 4.78 is 0. The number of amidine groups is 1. The molecule has 0 aromatic carbocycles. The van der Waals surface area contributed by atoms with Gasteiger partial charge < -0.3 is 5.43 Å². The molecule has 0 unspecified atom stereocenters. The third kappa shape index (κ3) is 1.97. The van der Waals surface area contributed by atoms with Crippen molar-refractivity contribution in [2.75, 3.05) is 0 Å². The van der Waals surface area contributed by atoms with Gasteiger partial charge in [-0.2, -0.15) is 0 Å². The summed E-state index contributed by atoms with van der Waals surface area (Å²) in [5, 5.41) is 0. The fourth-order valence-corrected chi connectivity index (χ4v) is 5.42. The van der Waals surface area contributed by atoms with Crippen LogP contribution in [0.15, 0.2) is 4.99 Å². The molecule has 3 heteroatoms. The molecular formula is C15H25N3. The van der Waals surface area contributed by atoms with Gasteiger partial charge in [0, 0.05) is 6.42 Å². The molecule has 0 atom stereocenters. The molecule has 18 heavy (non-hydrogen) atoms. The van der Waals surface area contributed by atoms with Crippen molar-refractivity contribution in [1.29, 1.82) is 0 Å². The maximum absolute atomic E-state index is 5.70. The SMILES string of the molecule is NNC(CC12CC3CC(CC(C3)C1)C2)=NC1CC1. The number of aliphatic imine (C=N–C) groups is 1. The van der Waals surface area contributed by atoms with E-state index in [2.05, 4.69) is 5.43 Å². The lowest BCUT2D eigenvalue weighted by molar-refractivity contribution is -0.0485. The van der Waals surface area contributed by atoms with E-state index in [1.165, 1.54) is 51.4 Å². The highest BCUT2D eigenvalue weighted by atomic mass is 15.3. The molecule has 3 N–H and O–H groups in total. The van der Waals surface area contributed by atoms with Crippen LogP contribution in [0.5, 0.6) is 0 Å². The molecule has 100 valence electrons. The van der Waals surface area contributed by atoms with E-state index in [4.69, 9.17) is 10.8 Å². The van der Waals surface area contributed by atoms with Gasteiger partial charge in [-0.25, -0.2) is 5.84 Å². The van der Waals surface area contributed by atoms with Gasteiger partial charge in [0.25, 0.3) is 0 Å². The number of rotatable bonds is 3. The molecule has 0 amide bonds. The standard InChI is InChI=1S/C15H25N3/c16-18-14(17-13-1-2-13)9-15-6-10-3-11(7-15)5-12(4-10)8-15/h10-13H,1-9,16H2,(H,17,18). The summed E-state index contributed by atoms with van der Waals surface area (Å²) >= 11 is 0. The summed E-state index contributed by atoms with van der Waals surface area (Å²) in [5.41, 5.74) is 3.46. The molecule has 0 saturated heterocycles. The highest BCUT2D eigenvalue weighted by Crippen LogP contribution is 2.61. The first-order valence-electron chi connectivity index (χ1n) is 7.78. The van der Waals surface area contributed by atoms with Crippen LogP contribution >= 0.6 is 0 Å². The lowest BCUT2D eigenvalue weighted by atomic mass is 9.49. The quantitative estimate of drug-likeness (QED) is 0.348. The Morgan fingerprint density at radius 2 is 1.61 bits per heavy atom. The van der Waals surface area contributed by atoms with Crippen LogP contribution in [0.25, 0.3) is 0 Å². The molecule has 0 aliphatic heterocycles. The zero-order valence-corrected chi connectivity index (χ0v) is 11.2. The van der Waals surface area contributed by atoms with Crippen molar-refractivity contribution in [2.45, 2.75) is 63.8 Å². The molecule has 0 aromatic rings. The largest absolute Gasteiger partial charge is 0.312 e. The summed E-state index contributed by atoms with van der Waals surface area (Å²) in [4.78, 5) is 4.76. The summed E-state index contributed by atoms with van der Waals surface area (Å²) in [5.74, 6) is 9.87. The average molecular weight is 247 g/mol. The van der Waals surface area contributed by atoms with Gasteiger partial charge in [-0.1, -0.05) is 0 Å². The van der Waals surface area contributed by atoms with Crippen LogP contribution in [0.2, 0.25) is 0 Å². The molecule has 5 fully saturated rings. The van der Waals surface area contributed by atoms with Crippen LogP contribution in [0.1, 0.15) is 57.8 Å². The van der Waals surface area contributed by atoms with Crippen LogP contribution in [0.4, 0.5) is 0 Å². The van der Waals surface area contributed by atoms with Gasteiger partial charge in [0.05, 0.1) is 6.04 Å². The Morgan fingerprint density at radius 3 is 2.06 bits per heavy atom. The second-order valence-corrected chi connectivity index (χ2v) is 7.55. The minimum absolute atomic E-state index is 0.564. The highest BCUT2D eigenvalue weighted by molar-refractivity contribution is 5.82. The Morgan fingerprint density at radius 1 is 1.06 bits per heavy atom. The minimum Gasteiger partial charge on any atom is -0.312 e. The van der Waals surface area contributed by atoms with E-state index in [0.29, 0.717) is 11.5 Å². The Balaban J connectivity index is 1.52. The smallest absolute Gasteiger partial charge is 0.111 e. The van der Waals surface area contributed by atoms with E-state index < -0.39 is 0 Å². The highest BCUT2D eigenvalue weighted by Gasteiger charge is 2.51. The molecule has 5 rings (SSSR count). The average Bonchev–Trinajstić information content (AvgIpc) is 3.09. The zero-order valence-electron chi connectivity index (χ0n) is 11.2. The van der Waals surface area contributed by atoms with Crippen LogP contribution < -0.4 is 11.3 Å². The molecule has 0 spiro atoms. The fourth-order valence-electron chi connectivity index (χ4n) is 5.42. The van der Waals surface area contributed by atoms with Crippen molar-refractivity contribution in [3.63, 3.8) is 0 Å². The van der Waals surface area contributed by atoms with E-state index in [0.717, 1.165) is 30.0 Å². The number of hydrogen-bond donors (Lipinski definition) is 2. The molecule has 0 heterocycles. The second kappa shape index (κ2) is 3.96. The van der Waals surface area contributed by atoms with E-state index in [-0.39, 0.29) is 0 Å². The lowest BCUT2D eigenvalue weighted by Crippen LogP contribution is -2.48. The maximum Gasteiger partial charge on any atom is 0.111 e. The third-order valence-corrected chi connectivity index (χ3v) is 5.76. The van der Waals surface area contributed by atoms with Gasteiger partial charge in [-0.15, -0.1) is 0 Å². The Hall–Kier alpha value is -0.570. The first-order valence-corrected chi connectivity index (χ1v) is 7.78. The number of hydrogen-bond acceptors (Lipinski definition) is 2. The lowest BCUT2D eigenvalue weighted by Gasteiger charge is -2.57. The van der Waals surface area contributed by atoms with Crippen molar-refractivity contribution < 1.29 is 0 Å². The predicted octanol–water partition coefficient (Wildman–Crippen LogP) is 2.62. The van der Waals surface area contributed by atoms with Crippen molar-refractivity contribution in [2.24, 2.45) is 34.0 Å². The zero-order chi connectivity index (χ0) is 12.2. The van der Waals surface area contributed by atoms with Gasteiger partial charge >= 0.3 is 0 Å². The van der Waals surface area contributed by atoms with Crippen molar-refractivity contribution in [3.8, 4) is 0 Å². The van der Waals surface area contributed by atoms with Crippen LogP contribution in [0.3, 0.4) is 0 Å². The first-order chi connectivity index (χ1) is 8.75. The van der Waals surface area contributed by atoms with Crippen LogP contribution in [-0.2, 0) is 0 Å². The van der Waals surface area contributed by atoms with Crippen molar-refractivity contribution >= 4 is 5.84 Å². The van der Waals surface area contributed by atoms with E-state index >= 15 is 0 Å². The molecule has 0 radical (unpaired) electrons. The van der Waals surface area contributed by atoms with E-state index in [1.54, 1.807) is 0 Å². The van der Waals surface area contributed by atoms with Gasteiger partial charge in [0.2, 0.25) is 0 Å². The number of hydrazine groups is 1. The van der Waals surface area contributed by atoms with E-state index in [1.807, 2.05) is 0 Å².